The van der Waals surface area contributed by atoms with Gasteiger partial charge in [0, 0.05) is 31.3 Å². The van der Waals surface area contributed by atoms with E-state index in [1.807, 2.05) is 6.07 Å². The van der Waals surface area contributed by atoms with Gasteiger partial charge in [-0.25, -0.2) is 0 Å². The third-order valence-electron chi connectivity index (χ3n) is 4.91. The lowest BCUT2D eigenvalue weighted by Gasteiger charge is -2.20. The molecule has 4 heteroatoms. The van der Waals surface area contributed by atoms with E-state index in [-0.39, 0.29) is 11.5 Å². The molecule has 0 saturated heterocycles. The van der Waals surface area contributed by atoms with Gasteiger partial charge in [0.25, 0.3) is 5.56 Å². The Kier molecular flexibility index (Phi) is 3.90. The molecule has 108 valence electrons. The van der Waals surface area contributed by atoms with Gasteiger partial charge in [-0.05, 0) is 37.2 Å². The Morgan fingerprint density at radius 3 is 3.00 bits per heavy atom. The van der Waals surface area contributed by atoms with E-state index >= 15 is 0 Å². The van der Waals surface area contributed by atoms with Crippen LogP contribution in [0.2, 0.25) is 0 Å². The fourth-order valence-corrected chi connectivity index (χ4v) is 3.89. The number of rotatable bonds is 4. The van der Waals surface area contributed by atoms with E-state index in [0.717, 1.165) is 12.3 Å². The van der Waals surface area contributed by atoms with E-state index in [4.69, 9.17) is 0 Å². The summed E-state index contributed by atoms with van der Waals surface area (Å²) in [5.74, 6) is 1.63. The Hall–Kier alpha value is -1.58. The summed E-state index contributed by atoms with van der Waals surface area (Å²) in [5, 5.41) is 3.19. The summed E-state index contributed by atoms with van der Waals surface area (Å²) < 4.78 is 1.59. The van der Waals surface area contributed by atoms with Crippen LogP contribution in [-0.4, -0.2) is 16.5 Å². The molecule has 0 radical (unpaired) electrons. The smallest absolute Gasteiger partial charge is 0.250 e. The molecule has 2 aliphatic rings. The van der Waals surface area contributed by atoms with E-state index in [2.05, 4.69) is 5.32 Å². The Balaban J connectivity index is 1.50. The Labute approximate surface area is 119 Å². The third-order valence-corrected chi connectivity index (χ3v) is 4.91. The molecule has 1 aromatic heterocycles. The molecule has 0 unspecified atom stereocenters. The molecular weight excluding hydrogens is 252 g/mol. The maximum Gasteiger partial charge on any atom is 0.250 e. The van der Waals surface area contributed by atoms with Gasteiger partial charge in [-0.3, -0.25) is 9.59 Å². The molecule has 1 heterocycles. The van der Waals surface area contributed by atoms with Crippen LogP contribution in [0.4, 0.5) is 0 Å². The maximum absolute atomic E-state index is 12.0. The Morgan fingerprint density at radius 1 is 1.25 bits per heavy atom. The Morgan fingerprint density at radius 2 is 2.15 bits per heavy atom. The number of hydrogen-bond acceptors (Lipinski definition) is 2. The molecule has 4 nitrogen and oxygen atoms in total. The second kappa shape index (κ2) is 5.81. The molecule has 1 amide bonds. The van der Waals surface area contributed by atoms with E-state index in [1.54, 1.807) is 16.8 Å². The van der Waals surface area contributed by atoms with Crippen molar-refractivity contribution >= 4 is 5.91 Å². The first-order valence-electron chi connectivity index (χ1n) is 7.69. The zero-order valence-corrected chi connectivity index (χ0v) is 11.8. The number of fused-ring (bicyclic) bond motifs is 1. The largest absolute Gasteiger partial charge is 0.353 e. The summed E-state index contributed by atoms with van der Waals surface area (Å²) in [6, 6.07) is 5.44. The first-order chi connectivity index (χ1) is 9.74. The quantitative estimate of drug-likeness (QED) is 0.912. The maximum atomic E-state index is 12.0. The number of aromatic nitrogens is 1. The van der Waals surface area contributed by atoms with Crippen molar-refractivity contribution in [3.05, 3.63) is 34.7 Å². The van der Waals surface area contributed by atoms with Crippen LogP contribution in [0.15, 0.2) is 29.2 Å². The first kappa shape index (κ1) is 13.4. The van der Waals surface area contributed by atoms with E-state index < -0.39 is 0 Å². The summed E-state index contributed by atoms with van der Waals surface area (Å²) >= 11 is 0. The van der Waals surface area contributed by atoms with Crippen LogP contribution in [0.25, 0.3) is 0 Å². The second-order valence-electron chi connectivity index (χ2n) is 6.09. The highest BCUT2D eigenvalue weighted by Crippen LogP contribution is 2.43. The lowest BCUT2D eigenvalue weighted by Crippen LogP contribution is -2.38. The zero-order valence-electron chi connectivity index (χ0n) is 11.8. The topological polar surface area (TPSA) is 51.1 Å². The first-order valence-corrected chi connectivity index (χ1v) is 7.69. The molecule has 0 bridgehead atoms. The fraction of sp³-hybridized carbons (Fsp3) is 0.625. The number of hydrogen-bond donors (Lipinski definition) is 1. The predicted molar refractivity (Wildman–Crippen MR) is 77.3 cm³/mol. The molecule has 2 saturated carbocycles. The van der Waals surface area contributed by atoms with E-state index in [0.29, 0.717) is 24.9 Å². The molecule has 1 N–H and O–H groups in total. The van der Waals surface area contributed by atoms with Gasteiger partial charge in [-0.15, -0.1) is 0 Å². The highest BCUT2D eigenvalue weighted by molar-refractivity contribution is 5.76. The molecule has 3 rings (SSSR count). The number of carbonyl (C=O) groups excluding carboxylic acids is 1. The van der Waals surface area contributed by atoms with E-state index in [9.17, 15) is 9.59 Å². The molecule has 2 aliphatic carbocycles. The summed E-state index contributed by atoms with van der Waals surface area (Å²) in [7, 11) is 0. The fourth-order valence-electron chi connectivity index (χ4n) is 3.89. The molecule has 0 aliphatic heterocycles. The van der Waals surface area contributed by atoms with Crippen molar-refractivity contribution in [1.82, 2.24) is 9.88 Å². The normalized spacial score (nSPS) is 28.3. The van der Waals surface area contributed by atoms with Crippen molar-refractivity contribution in [2.45, 2.75) is 51.1 Å². The molecule has 0 aromatic carbocycles. The van der Waals surface area contributed by atoms with Crippen molar-refractivity contribution in [3.63, 3.8) is 0 Å². The number of amides is 1. The van der Waals surface area contributed by atoms with Crippen LogP contribution >= 0.6 is 0 Å². The van der Waals surface area contributed by atoms with Crippen LogP contribution < -0.4 is 10.9 Å². The molecular formula is C16H22N2O2. The van der Waals surface area contributed by atoms with Gasteiger partial charge in [0.15, 0.2) is 0 Å². The second-order valence-corrected chi connectivity index (χ2v) is 6.09. The molecule has 2 fully saturated rings. The standard InChI is InChI=1S/C16H22N2O2/c19-15(9-11-18-10-2-1-6-16(18)20)17-14-8-7-12-4-3-5-13(12)14/h1-2,6,10,12-14H,3-5,7-9,11H2,(H,17,19)/t12-,13-,14-/m0/s1. The summed E-state index contributed by atoms with van der Waals surface area (Å²) in [5.41, 5.74) is -0.0444. The number of nitrogens with zero attached hydrogens (tertiary/aromatic N) is 1. The molecule has 0 spiro atoms. The minimum Gasteiger partial charge on any atom is -0.353 e. The predicted octanol–water partition coefficient (Wildman–Crippen LogP) is 1.93. The Bertz CT molecular complexity index is 537. The van der Waals surface area contributed by atoms with Crippen LogP contribution in [0.1, 0.15) is 38.5 Å². The lowest BCUT2D eigenvalue weighted by atomic mass is 9.97. The van der Waals surface area contributed by atoms with Gasteiger partial charge >= 0.3 is 0 Å². The average Bonchev–Trinajstić information content (AvgIpc) is 3.03. The van der Waals surface area contributed by atoms with Crippen LogP contribution in [0.5, 0.6) is 0 Å². The van der Waals surface area contributed by atoms with Crippen molar-refractivity contribution in [3.8, 4) is 0 Å². The van der Waals surface area contributed by atoms with Crippen molar-refractivity contribution < 1.29 is 4.79 Å². The van der Waals surface area contributed by atoms with Gasteiger partial charge in [0.05, 0.1) is 0 Å². The van der Waals surface area contributed by atoms with Gasteiger partial charge in [0.2, 0.25) is 5.91 Å². The van der Waals surface area contributed by atoms with Gasteiger partial charge < -0.3 is 9.88 Å². The van der Waals surface area contributed by atoms with Crippen LogP contribution in [0, 0.1) is 11.8 Å². The molecule has 20 heavy (non-hydrogen) atoms. The summed E-state index contributed by atoms with van der Waals surface area (Å²) in [4.78, 5) is 23.6. The molecule has 1 aromatic rings. The summed E-state index contributed by atoms with van der Waals surface area (Å²) in [6.07, 6.45) is 8.46. The number of nitrogens with one attached hydrogen (secondary N) is 1. The molecule has 3 atom stereocenters. The SMILES string of the molecule is O=C(CCn1ccccc1=O)N[C@H]1CC[C@@H]2CCC[C@@H]21. The van der Waals surface area contributed by atoms with Crippen molar-refractivity contribution in [2.24, 2.45) is 11.8 Å². The highest BCUT2D eigenvalue weighted by atomic mass is 16.2. The zero-order chi connectivity index (χ0) is 13.9. The van der Waals surface area contributed by atoms with Crippen molar-refractivity contribution in [1.29, 1.82) is 0 Å². The number of pyridine rings is 1. The monoisotopic (exact) mass is 274 g/mol. The average molecular weight is 274 g/mol. The van der Waals surface area contributed by atoms with Crippen molar-refractivity contribution in [2.75, 3.05) is 0 Å². The summed E-state index contributed by atoms with van der Waals surface area (Å²) in [6.45, 7) is 0.465. The minimum atomic E-state index is -0.0444. The third kappa shape index (κ3) is 2.79. The number of aryl methyl sites for hydroxylation is 1. The van der Waals surface area contributed by atoms with Gasteiger partial charge in [-0.1, -0.05) is 18.9 Å². The highest BCUT2D eigenvalue weighted by Gasteiger charge is 2.39. The number of carbonyl (C=O) groups is 1. The van der Waals surface area contributed by atoms with Gasteiger partial charge in [0.1, 0.15) is 0 Å². The van der Waals surface area contributed by atoms with Crippen LogP contribution in [-0.2, 0) is 11.3 Å². The minimum absolute atomic E-state index is 0.0444. The van der Waals surface area contributed by atoms with Gasteiger partial charge in [-0.2, -0.15) is 0 Å². The lowest BCUT2D eigenvalue weighted by molar-refractivity contribution is -0.122. The van der Waals surface area contributed by atoms with Crippen LogP contribution in [0.3, 0.4) is 0 Å². The van der Waals surface area contributed by atoms with E-state index in [1.165, 1.54) is 31.7 Å².